The Morgan fingerprint density at radius 1 is 1.26 bits per heavy atom. The highest BCUT2D eigenvalue weighted by molar-refractivity contribution is 7.92. The number of alkyl halides is 1. The molecular formula is C26H39FO3S. The summed E-state index contributed by atoms with van der Waals surface area (Å²) >= 11 is 0. The van der Waals surface area contributed by atoms with E-state index in [4.69, 9.17) is 0 Å². The van der Waals surface area contributed by atoms with Gasteiger partial charge in [0.25, 0.3) is 0 Å². The molecule has 1 N–H and O–H groups in total. The molecule has 0 heterocycles. The zero-order valence-electron chi connectivity index (χ0n) is 19.5. The van der Waals surface area contributed by atoms with Crippen LogP contribution in [0, 0.1) is 23.2 Å². The van der Waals surface area contributed by atoms with Crippen molar-refractivity contribution < 1.29 is 17.9 Å². The van der Waals surface area contributed by atoms with Crippen molar-refractivity contribution in [2.45, 2.75) is 83.2 Å². The van der Waals surface area contributed by atoms with Gasteiger partial charge in [-0.3, -0.25) is 0 Å². The Hall–Kier alpha value is -1.20. The number of hydrogen-bond acceptors (Lipinski definition) is 3. The van der Waals surface area contributed by atoms with Crippen molar-refractivity contribution in [3.8, 4) is 0 Å². The van der Waals surface area contributed by atoms with Gasteiger partial charge in [-0.05, 0) is 93.1 Å². The third kappa shape index (κ3) is 5.08. The summed E-state index contributed by atoms with van der Waals surface area (Å²) in [7, 11) is -3.79. The highest BCUT2D eigenvalue weighted by Crippen LogP contribution is 2.59. The topological polar surface area (TPSA) is 54.4 Å². The third-order valence-electron chi connectivity index (χ3n) is 8.28. The normalized spacial score (nSPS) is 37.9. The van der Waals surface area contributed by atoms with E-state index in [0.717, 1.165) is 63.7 Å². The van der Waals surface area contributed by atoms with Crippen LogP contribution in [0.4, 0.5) is 4.39 Å². The number of rotatable bonds is 5. The molecule has 3 aliphatic rings. The lowest BCUT2D eigenvalue weighted by Gasteiger charge is -2.44. The Labute approximate surface area is 188 Å². The molecule has 0 aromatic rings. The smallest absolute Gasteiger partial charge is 0.225 e. The minimum absolute atomic E-state index is 0.123. The molecule has 0 saturated heterocycles. The molecule has 5 unspecified atom stereocenters. The number of allylic oxidation sites excluding steroid dienone is 5. The average molecular weight is 451 g/mol. The predicted molar refractivity (Wildman–Crippen MR) is 126 cm³/mol. The van der Waals surface area contributed by atoms with E-state index in [0.29, 0.717) is 18.3 Å². The van der Waals surface area contributed by atoms with Crippen LogP contribution in [0.3, 0.4) is 0 Å². The molecular weight excluding hydrogens is 411 g/mol. The summed E-state index contributed by atoms with van der Waals surface area (Å²) in [6.45, 7) is 9.76. The van der Waals surface area contributed by atoms with Crippen LogP contribution in [0.15, 0.2) is 47.6 Å². The van der Waals surface area contributed by atoms with Crippen LogP contribution in [0.2, 0.25) is 0 Å². The van der Waals surface area contributed by atoms with Crippen LogP contribution in [-0.4, -0.2) is 30.9 Å². The van der Waals surface area contributed by atoms with E-state index in [1.807, 2.05) is 0 Å². The van der Waals surface area contributed by atoms with Crippen LogP contribution in [-0.2, 0) is 9.84 Å². The maximum atomic E-state index is 14.6. The van der Waals surface area contributed by atoms with Gasteiger partial charge in [0.1, 0.15) is 0 Å². The second kappa shape index (κ2) is 8.97. The van der Waals surface area contributed by atoms with E-state index in [9.17, 15) is 17.9 Å². The molecule has 0 aromatic carbocycles. The first-order chi connectivity index (χ1) is 14.3. The number of aliphatic hydroxyl groups excluding tert-OH is 1. The molecule has 5 heteroatoms. The molecule has 0 aliphatic heterocycles. The van der Waals surface area contributed by atoms with Crippen molar-refractivity contribution >= 4 is 9.84 Å². The van der Waals surface area contributed by atoms with Crippen molar-refractivity contribution in [2.75, 3.05) is 6.26 Å². The van der Waals surface area contributed by atoms with Crippen molar-refractivity contribution in [1.29, 1.82) is 0 Å². The van der Waals surface area contributed by atoms with E-state index in [-0.39, 0.29) is 17.4 Å². The Morgan fingerprint density at radius 2 is 1.97 bits per heavy atom. The fourth-order valence-electron chi connectivity index (χ4n) is 6.12. The van der Waals surface area contributed by atoms with Gasteiger partial charge in [0.15, 0.2) is 9.84 Å². The standard InChI is InChI=1S/C26H39FO3S/c1-18-8-11-22(28)17-21(18)10-9-20-7-6-15-25(3)23(12-13-24(20)25)19(2)14-16-26(4,27)31(5,29)30/h9-10,14,16,19,22-24,28H,1,6-8,11-13,15,17H2,2-5H3/b16-14+,20-9+,21-10-/t19?,22?,23?,24-,25?,26?/m0/s1. The summed E-state index contributed by atoms with van der Waals surface area (Å²) < 4.78 is 38.0. The monoisotopic (exact) mass is 450 g/mol. The molecule has 3 saturated carbocycles. The Morgan fingerprint density at radius 3 is 2.65 bits per heavy atom. The van der Waals surface area contributed by atoms with Crippen LogP contribution in [0.5, 0.6) is 0 Å². The predicted octanol–water partition coefficient (Wildman–Crippen LogP) is 6.08. The molecule has 3 fully saturated rings. The number of aliphatic hydroxyl groups is 1. The van der Waals surface area contributed by atoms with Gasteiger partial charge in [-0.15, -0.1) is 0 Å². The quantitative estimate of drug-likeness (QED) is 0.517. The Kier molecular flexibility index (Phi) is 7.08. The van der Waals surface area contributed by atoms with Crippen molar-refractivity contribution in [2.24, 2.45) is 23.2 Å². The molecule has 0 spiro atoms. The molecule has 0 radical (unpaired) electrons. The minimum Gasteiger partial charge on any atom is -0.393 e. The van der Waals surface area contributed by atoms with Crippen molar-refractivity contribution in [1.82, 2.24) is 0 Å². The van der Waals surface area contributed by atoms with Gasteiger partial charge in [0, 0.05) is 6.26 Å². The molecule has 0 amide bonds. The number of fused-ring (bicyclic) bond motifs is 1. The van der Waals surface area contributed by atoms with Gasteiger partial charge >= 0.3 is 0 Å². The van der Waals surface area contributed by atoms with Crippen molar-refractivity contribution in [3.05, 3.63) is 47.6 Å². The SMILES string of the molecule is C=C1CCC(O)C/C1=C/C=C1\CCCC2(C)C(C(C)/C=C/C(C)(F)S(C)(=O)=O)CC[C@@H]12. The molecule has 174 valence electrons. The summed E-state index contributed by atoms with van der Waals surface area (Å²) in [5.74, 6) is 1.04. The van der Waals surface area contributed by atoms with Gasteiger partial charge in [0.2, 0.25) is 5.00 Å². The first-order valence-corrected chi connectivity index (χ1v) is 13.6. The third-order valence-corrected chi connectivity index (χ3v) is 9.87. The number of hydrogen-bond donors (Lipinski definition) is 1. The summed E-state index contributed by atoms with van der Waals surface area (Å²) in [5, 5.41) is 7.68. The van der Waals surface area contributed by atoms with Crippen LogP contribution in [0.1, 0.15) is 72.1 Å². The summed E-state index contributed by atoms with van der Waals surface area (Å²) in [5.41, 5.74) is 3.95. The van der Waals surface area contributed by atoms with E-state index < -0.39 is 14.8 Å². The maximum Gasteiger partial charge on any atom is 0.225 e. The van der Waals surface area contributed by atoms with E-state index in [1.165, 1.54) is 17.2 Å². The molecule has 31 heavy (non-hydrogen) atoms. The molecule has 6 atom stereocenters. The van der Waals surface area contributed by atoms with Gasteiger partial charge in [-0.2, -0.15) is 0 Å². The molecule has 3 nitrogen and oxygen atoms in total. The highest BCUT2D eigenvalue weighted by Gasteiger charge is 2.50. The Bertz CT molecular complexity index is 896. The van der Waals surface area contributed by atoms with E-state index in [2.05, 4.69) is 32.6 Å². The first kappa shape index (κ1) is 24.4. The van der Waals surface area contributed by atoms with Crippen molar-refractivity contribution in [3.63, 3.8) is 0 Å². The molecule has 3 aliphatic carbocycles. The summed E-state index contributed by atoms with van der Waals surface area (Å²) in [6, 6.07) is 0. The van der Waals surface area contributed by atoms with Gasteiger partial charge in [0.05, 0.1) is 6.10 Å². The molecule has 0 aromatic heterocycles. The first-order valence-electron chi connectivity index (χ1n) is 11.7. The van der Waals surface area contributed by atoms with E-state index >= 15 is 0 Å². The second-order valence-corrected chi connectivity index (χ2v) is 12.8. The molecule has 3 rings (SSSR count). The lowest BCUT2D eigenvalue weighted by molar-refractivity contribution is 0.112. The lowest BCUT2D eigenvalue weighted by atomic mass is 9.61. The lowest BCUT2D eigenvalue weighted by Crippen LogP contribution is -2.35. The fraction of sp³-hybridized carbons (Fsp3) is 0.692. The van der Waals surface area contributed by atoms with Gasteiger partial charge in [-0.25, -0.2) is 12.8 Å². The fourth-order valence-corrected chi connectivity index (χ4v) is 6.45. The van der Waals surface area contributed by atoms with Crippen LogP contribution >= 0.6 is 0 Å². The zero-order chi connectivity index (χ0) is 23.0. The second-order valence-electron chi connectivity index (χ2n) is 10.5. The highest BCUT2D eigenvalue weighted by atomic mass is 32.2. The van der Waals surface area contributed by atoms with Crippen LogP contribution in [0.25, 0.3) is 0 Å². The van der Waals surface area contributed by atoms with Gasteiger partial charge < -0.3 is 5.11 Å². The Balaban J connectivity index is 1.78. The largest absolute Gasteiger partial charge is 0.393 e. The number of halogens is 1. The molecule has 0 bridgehead atoms. The summed E-state index contributed by atoms with van der Waals surface area (Å²) in [6.07, 6.45) is 16.1. The van der Waals surface area contributed by atoms with E-state index in [1.54, 1.807) is 6.08 Å². The maximum absolute atomic E-state index is 14.6. The average Bonchev–Trinajstić information content (AvgIpc) is 3.03. The number of sulfone groups is 1. The minimum atomic E-state index is -3.79. The van der Waals surface area contributed by atoms with Crippen LogP contribution < -0.4 is 0 Å². The van der Waals surface area contributed by atoms with Gasteiger partial charge in [-0.1, -0.05) is 49.8 Å². The summed E-state index contributed by atoms with van der Waals surface area (Å²) in [4.78, 5) is 0. The zero-order valence-corrected chi connectivity index (χ0v) is 20.3.